The Kier molecular flexibility index (Phi) is 8.48. The van der Waals surface area contributed by atoms with Crippen LogP contribution in [0.25, 0.3) is 0 Å². The lowest BCUT2D eigenvalue weighted by Gasteiger charge is -2.44. The minimum Gasteiger partial charge on any atom is -0.195 e. The van der Waals surface area contributed by atoms with Crippen molar-refractivity contribution in [1.82, 2.24) is 0 Å². The highest BCUT2D eigenvalue weighted by atomic mass is 31.0. The van der Waals surface area contributed by atoms with Crippen LogP contribution in [0.5, 0.6) is 0 Å². The molecule has 0 N–H and O–H groups in total. The van der Waals surface area contributed by atoms with Gasteiger partial charge in [-0.15, -0.1) is 0 Å². The van der Waals surface area contributed by atoms with Crippen LogP contribution in [0.15, 0.2) is 121 Å². The van der Waals surface area contributed by atoms with Gasteiger partial charge < -0.3 is 0 Å². The van der Waals surface area contributed by atoms with Gasteiger partial charge in [0.1, 0.15) is 6.15 Å². The monoisotopic (exact) mass is 410 g/mol. The van der Waals surface area contributed by atoms with Crippen LogP contribution in [0.2, 0.25) is 0 Å². The summed E-state index contributed by atoms with van der Waals surface area (Å²) in [6.45, 7) is 2.22. The Balaban J connectivity index is 0.000000461. The molecule has 0 bridgehead atoms. The maximum atomic E-state index is 2.26. The number of hydrogen-bond acceptors (Lipinski definition) is 0. The van der Waals surface area contributed by atoms with E-state index in [9.17, 15) is 0 Å². The molecule has 2 heteroatoms. The summed E-state index contributed by atoms with van der Waals surface area (Å²) in [5, 5.41) is 0. The molecule has 4 aromatic rings. The molecule has 0 aliphatic heterocycles. The third kappa shape index (κ3) is 4.92. The normalized spacial score (nSPS) is 10.8. The number of unbranched alkanes of at least 4 members (excludes halogenated alkanes) is 1. The van der Waals surface area contributed by atoms with Crippen LogP contribution in [0, 0.1) is 0 Å². The summed E-state index contributed by atoms with van der Waals surface area (Å²) in [4.78, 5) is 0. The molecule has 0 aliphatic carbocycles. The van der Waals surface area contributed by atoms with Crippen LogP contribution in [0.3, 0.4) is 0 Å². The predicted octanol–water partition coefficient (Wildman–Crippen LogP) is 4.46. The predicted molar refractivity (Wildman–Crippen MR) is 141 cm³/mol. The molecule has 0 heterocycles. The minimum absolute atomic E-state index is 1.22. The summed E-state index contributed by atoms with van der Waals surface area (Å²) < 4.78 is 0. The van der Waals surface area contributed by atoms with Crippen molar-refractivity contribution in [2.45, 2.75) is 19.8 Å². The van der Waals surface area contributed by atoms with E-state index in [0.717, 1.165) is 0 Å². The van der Waals surface area contributed by atoms with Crippen molar-refractivity contribution in [3.63, 3.8) is 0 Å². The van der Waals surface area contributed by atoms with Gasteiger partial charge in [0.2, 0.25) is 0 Å². The minimum atomic E-state index is -1.22. The summed E-state index contributed by atoms with van der Waals surface area (Å²) in [5.74, 6) is 0. The Morgan fingerprint density at radius 2 is 0.767 bits per heavy atom. The topological polar surface area (TPSA) is 0 Å². The smallest absolute Gasteiger partial charge is 0.108 e. The molecule has 30 heavy (non-hydrogen) atoms. The van der Waals surface area contributed by atoms with E-state index in [1.54, 1.807) is 0 Å². The first kappa shape index (κ1) is 22.1. The van der Waals surface area contributed by atoms with Crippen LogP contribution in [-0.2, 0) is 0 Å². The Labute approximate surface area is 184 Å². The van der Waals surface area contributed by atoms with Gasteiger partial charge in [0.15, 0.2) is 0 Å². The van der Waals surface area contributed by atoms with Crippen LogP contribution in [0.4, 0.5) is 0 Å². The molecule has 152 valence electrons. The van der Waals surface area contributed by atoms with Crippen molar-refractivity contribution >= 4 is 37.2 Å². The standard InChI is InChI=1S/C24H20B.C4H11P/c1-5-13-21(14-6-1)25(22-15-7-2-8-16-22,23-17-9-3-10-18-23)24-19-11-4-12-20-24;1-2-3-4-5/h1-20H;2-5H2,1H3/q-1;/p+1. The zero-order chi connectivity index (χ0) is 21.1. The van der Waals surface area contributed by atoms with Crippen molar-refractivity contribution in [3.05, 3.63) is 121 Å². The molecule has 1 atom stereocenters. The maximum absolute atomic E-state index is 2.26. The highest BCUT2D eigenvalue weighted by Gasteiger charge is 2.30. The average molecular weight is 410 g/mol. The van der Waals surface area contributed by atoms with Crippen molar-refractivity contribution < 1.29 is 0 Å². The largest absolute Gasteiger partial charge is 0.195 e. The van der Waals surface area contributed by atoms with E-state index in [4.69, 9.17) is 0 Å². The molecular formula is C28H32BP. The summed E-state index contributed by atoms with van der Waals surface area (Å²) in [5.41, 5.74) is 5.36. The van der Waals surface area contributed by atoms with Crippen LogP contribution in [-0.4, -0.2) is 12.3 Å². The van der Waals surface area contributed by atoms with Gasteiger partial charge in [-0.25, -0.2) is 0 Å². The quantitative estimate of drug-likeness (QED) is 0.325. The van der Waals surface area contributed by atoms with E-state index in [1.165, 1.54) is 40.9 Å². The molecule has 4 rings (SSSR count). The van der Waals surface area contributed by atoms with Crippen molar-refractivity contribution in [2.75, 3.05) is 6.16 Å². The number of rotatable bonds is 6. The van der Waals surface area contributed by atoms with Gasteiger partial charge in [-0.2, -0.15) is 21.9 Å². The van der Waals surface area contributed by atoms with Crippen molar-refractivity contribution in [1.29, 1.82) is 0 Å². The van der Waals surface area contributed by atoms with Crippen LogP contribution >= 0.6 is 9.24 Å². The maximum Gasteiger partial charge on any atom is 0.108 e. The lowest BCUT2D eigenvalue weighted by atomic mass is 9.13. The van der Waals surface area contributed by atoms with E-state index in [-0.39, 0.29) is 0 Å². The molecule has 0 saturated heterocycles. The van der Waals surface area contributed by atoms with Crippen molar-refractivity contribution in [3.8, 4) is 0 Å². The Morgan fingerprint density at radius 1 is 0.500 bits per heavy atom. The number of benzene rings is 4. The van der Waals surface area contributed by atoms with Crippen LogP contribution < -0.4 is 21.9 Å². The molecule has 1 unspecified atom stereocenters. The molecule has 0 saturated carbocycles. The molecule has 0 radical (unpaired) electrons. The van der Waals surface area contributed by atoms with Gasteiger partial charge in [0, 0.05) is 0 Å². The van der Waals surface area contributed by atoms with E-state index >= 15 is 0 Å². The molecule has 0 amide bonds. The van der Waals surface area contributed by atoms with Gasteiger partial charge >= 0.3 is 0 Å². The van der Waals surface area contributed by atoms with Gasteiger partial charge in [-0.1, -0.05) is 135 Å². The molecule has 0 spiro atoms. The van der Waals surface area contributed by atoms with Crippen molar-refractivity contribution in [2.24, 2.45) is 0 Å². The fraction of sp³-hybridized carbons (Fsp3) is 0.143. The Morgan fingerprint density at radius 3 is 0.933 bits per heavy atom. The lowest BCUT2D eigenvalue weighted by Crippen LogP contribution is -2.74. The first-order valence-corrected chi connectivity index (χ1v) is 12.0. The second-order valence-electron chi connectivity index (χ2n) is 7.72. The zero-order valence-electron chi connectivity index (χ0n) is 18.0. The summed E-state index contributed by atoms with van der Waals surface area (Å²) in [7, 11) is 2.05. The second-order valence-corrected chi connectivity index (χ2v) is 8.42. The highest BCUT2D eigenvalue weighted by molar-refractivity contribution is 7.19. The third-order valence-corrected chi connectivity index (χ3v) is 6.30. The molecule has 0 aromatic heterocycles. The van der Waals surface area contributed by atoms with E-state index < -0.39 is 6.15 Å². The Bertz CT molecular complexity index is 805. The molecule has 0 nitrogen and oxygen atoms in total. The Hall–Kier alpha value is -2.63. The fourth-order valence-corrected chi connectivity index (χ4v) is 4.87. The summed E-state index contributed by atoms with van der Waals surface area (Å²) in [6, 6.07) is 43.5. The fourth-order valence-electron chi connectivity index (χ4n) is 4.37. The van der Waals surface area contributed by atoms with E-state index in [2.05, 4.69) is 128 Å². The summed E-state index contributed by atoms with van der Waals surface area (Å²) in [6.07, 6.45) is 2.91. The molecule has 0 fully saturated rings. The van der Waals surface area contributed by atoms with Gasteiger partial charge in [-0.05, 0) is 15.7 Å². The number of hydrogen-bond donors (Lipinski definition) is 0. The van der Waals surface area contributed by atoms with Gasteiger partial charge in [0.05, 0.1) is 6.16 Å². The molecule has 0 aliphatic rings. The van der Waals surface area contributed by atoms with Gasteiger partial charge in [0.25, 0.3) is 0 Å². The second kappa shape index (κ2) is 11.5. The SMILES string of the molecule is CCCC[PH3+].c1ccc([B-](c2ccccc2)(c2ccccc2)c2ccccc2)cc1. The highest BCUT2D eigenvalue weighted by Crippen LogP contribution is 2.09. The molecular weight excluding hydrogens is 378 g/mol. The van der Waals surface area contributed by atoms with E-state index in [0.29, 0.717) is 0 Å². The van der Waals surface area contributed by atoms with Crippen LogP contribution in [0.1, 0.15) is 19.8 Å². The average Bonchev–Trinajstić information content (AvgIpc) is 2.83. The van der Waals surface area contributed by atoms with E-state index in [1.807, 2.05) is 9.24 Å². The molecule has 4 aromatic carbocycles. The zero-order valence-corrected chi connectivity index (χ0v) is 19.4. The van der Waals surface area contributed by atoms with Gasteiger partial charge in [-0.3, -0.25) is 0 Å². The first-order valence-electron chi connectivity index (χ1n) is 11.0. The third-order valence-electron chi connectivity index (χ3n) is 5.80. The first-order chi connectivity index (χ1) is 14.8. The lowest BCUT2D eigenvalue weighted by molar-refractivity contribution is 0.897. The summed E-state index contributed by atoms with van der Waals surface area (Å²) >= 11 is 0.